The number of amides is 1. The quantitative estimate of drug-likeness (QED) is 0.451. The van der Waals surface area contributed by atoms with E-state index in [1.165, 1.54) is 0 Å². The molecule has 1 heterocycles. The minimum atomic E-state index is -0.685. The van der Waals surface area contributed by atoms with Crippen molar-refractivity contribution in [1.82, 2.24) is 0 Å². The monoisotopic (exact) mass is 392 g/mol. The smallest absolute Gasteiger partial charge is 0.437 e. The molecule has 140 valence electrons. The van der Waals surface area contributed by atoms with Gasteiger partial charge in [-0.1, -0.05) is 65.3 Å². The first-order valence-corrected chi connectivity index (χ1v) is 9.18. The Hall–Kier alpha value is -3.31. The molecule has 1 unspecified atom stereocenters. The van der Waals surface area contributed by atoms with Gasteiger partial charge < -0.3 is 4.74 Å². The van der Waals surface area contributed by atoms with Crippen LogP contribution in [0.2, 0.25) is 5.02 Å². The van der Waals surface area contributed by atoms with Crippen molar-refractivity contribution >= 4 is 29.1 Å². The van der Waals surface area contributed by atoms with Crippen LogP contribution in [0.25, 0.3) is 0 Å². The fourth-order valence-electron chi connectivity index (χ4n) is 3.03. The van der Waals surface area contributed by atoms with Crippen LogP contribution in [0.3, 0.4) is 0 Å². The molecule has 0 bridgehead atoms. The summed E-state index contributed by atoms with van der Waals surface area (Å²) >= 11 is 5.92. The second kappa shape index (κ2) is 8.15. The molecule has 0 saturated carbocycles. The van der Waals surface area contributed by atoms with Gasteiger partial charge in [-0.2, -0.15) is 0 Å². The molecule has 0 saturated heterocycles. The Kier molecular flexibility index (Phi) is 5.26. The molecule has 3 aromatic rings. The van der Waals surface area contributed by atoms with Crippen LogP contribution in [0.1, 0.15) is 23.7 Å². The van der Waals surface area contributed by atoms with Crippen molar-refractivity contribution < 1.29 is 14.4 Å². The number of para-hydroxylation sites is 1. The molecular formula is C22H17ClN2O3. The summed E-state index contributed by atoms with van der Waals surface area (Å²) in [7, 11) is 0. The number of hydrogen-bond donors (Lipinski definition) is 1. The van der Waals surface area contributed by atoms with Crippen molar-refractivity contribution in [2.24, 2.45) is 5.16 Å². The van der Waals surface area contributed by atoms with E-state index in [-0.39, 0.29) is 6.10 Å². The van der Waals surface area contributed by atoms with Crippen LogP contribution in [0.5, 0.6) is 5.75 Å². The Bertz CT molecular complexity index is 1020. The Morgan fingerprint density at radius 3 is 2.64 bits per heavy atom. The molecule has 4 rings (SSSR count). The zero-order valence-electron chi connectivity index (χ0n) is 14.8. The number of nitrogens with one attached hydrogen (secondary N) is 1. The highest BCUT2D eigenvalue weighted by atomic mass is 35.5. The largest absolute Gasteiger partial charge is 0.485 e. The molecule has 3 aromatic carbocycles. The number of halogens is 1. The number of fused-ring (bicyclic) bond motifs is 1. The Morgan fingerprint density at radius 2 is 1.82 bits per heavy atom. The maximum Gasteiger partial charge on any atom is 0.437 e. The Balaban J connectivity index is 1.54. The van der Waals surface area contributed by atoms with Crippen LogP contribution < -0.4 is 10.1 Å². The normalized spacial score (nSPS) is 16.8. The summed E-state index contributed by atoms with van der Waals surface area (Å²) in [5.41, 5.74) is 3.03. The molecule has 0 aliphatic carbocycles. The standard InChI is InChI=1S/C22H17ClN2O3/c23-16-9-6-10-17(13-16)24-22(26)28-25-19-14-21(15-7-2-1-3-8-15)27-20-12-5-4-11-18(19)20/h1-13,21H,14H2,(H,24,26). The maximum atomic E-state index is 12.1. The van der Waals surface area contributed by atoms with E-state index in [1.54, 1.807) is 24.3 Å². The van der Waals surface area contributed by atoms with Crippen LogP contribution in [-0.4, -0.2) is 11.8 Å². The second-order valence-corrected chi connectivity index (χ2v) is 6.71. The number of rotatable bonds is 3. The summed E-state index contributed by atoms with van der Waals surface area (Å²) in [6.07, 6.45) is -0.393. The number of nitrogens with zero attached hydrogens (tertiary/aromatic N) is 1. The van der Waals surface area contributed by atoms with Crippen LogP contribution in [0.15, 0.2) is 84.0 Å². The fourth-order valence-corrected chi connectivity index (χ4v) is 3.22. The number of carbonyl (C=O) groups excluding carboxylic acids is 1. The van der Waals surface area contributed by atoms with Gasteiger partial charge in [0, 0.05) is 22.7 Å². The van der Waals surface area contributed by atoms with Gasteiger partial charge in [-0.05, 0) is 35.9 Å². The maximum absolute atomic E-state index is 12.1. The summed E-state index contributed by atoms with van der Waals surface area (Å²) in [6, 6.07) is 24.3. The zero-order valence-corrected chi connectivity index (χ0v) is 15.6. The lowest BCUT2D eigenvalue weighted by Crippen LogP contribution is -2.22. The third-order valence-corrected chi connectivity index (χ3v) is 4.56. The molecule has 1 atom stereocenters. The van der Waals surface area contributed by atoms with Gasteiger partial charge in [-0.3, -0.25) is 10.2 Å². The lowest BCUT2D eigenvalue weighted by atomic mass is 9.96. The van der Waals surface area contributed by atoms with Crippen LogP contribution in [0, 0.1) is 0 Å². The van der Waals surface area contributed by atoms with E-state index in [9.17, 15) is 4.79 Å². The molecule has 1 amide bonds. The number of oxime groups is 1. The van der Waals surface area contributed by atoms with Crippen molar-refractivity contribution in [2.45, 2.75) is 12.5 Å². The first-order valence-electron chi connectivity index (χ1n) is 8.80. The highest BCUT2D eigenvalue weighted by Crippen LogP contribution is 2.35. The van der Waals surface area contributed by atoms with Gasteiger partial charge in [-0.25, -0.2) is 4.79 Å². The first-order chi connectivity index (χ1) is 13.7. The highest BCUT2D eigenvalue weighted by Gasteiger charge is 2.26. The number of benzene rings is 3. The average molecular weight is 393 g/mol. The molecule has 1 aliphatic rings. The SMILES string of the molecule is O=C(Nc1cccc(Cl)c1)ON=C1CC(c2ccccc2)Oc2ccccc21. The summed E-state index contributed by atoms with van der Waals surface area (Å²) in [5.74, 6) is 0.709. The van der Waals surface area contributed by atoms with E-state index >= 15 is 0 Å². The topological polar surface area (TPSA) is 59.9 Å². The molecule has 1 aliphatic heterocycles. The molecule has 0 aromatic heterocycles. The van der Waals surface area contributed by atoms with Crippen LogP contribution >= 0.6 is 11.6 Å². The molecule has 0 spiro atoms. The van der Waals surface area contributed by atoms with E-state index in [2.05, 4.69) is 10.5 Å². The van der Waals surface area contributed by atoms with E-state index in [4.69, 9.17) is 21.2 Å². The zero-order chi connectivity index (χ0) is 19.3. The second-order valence-electron chi connectivity index (χ2n) is 6.27. The summed E-state index contributed by atoms with van der Waals surface area (Å²) in [5, 5.41) is 7.24. The summed E-state index contributed by atoms with van der Waals surface area (Å²) < 4.78 is 6.11. The molecular weight excluding hydrogens is 376 g/mol. The van der Waals surface area contributed by atoms with Gasteiger partial charge >= 0.3 is 6.09 Å². The third-order valence-electron chi connectivity index (χ3n) is 4.33. The lowest BCUT2D eigenvalue weighted by Gasteiger charge is -2.27. The van der Waals surface area contributed by atoms with Gasteiger partial charge in [0.05, 0.1) is 5.71 Å². The summed E-state index contributed by atoms with van der Waals surface area (Å²) in [4.78, 5) is 17.2. The first kappa shape index (κ1) is 18.1. The predicted octanol–water partition coefficient (Wildman–Crippen LogP) is 5.82. The highest BCUT2D eigenvalue weighted by molar-refractivity contribution is 6.30. The number of carbonyl (C=O) groups is 1. The number of hydrogen-bond acceptors (Lipinski definition) is 4. The van der Waals surface area contributed by atoms with Crippen molar-refractivity contribution in [3.05, 3.63) is 95.0 Å². The number of ether oxygens (including phenoxy) is 1. The number of anilines is 1. The van der Waals surface area contributed by atoms with Gasteiger partial charge in [-0.15, -0.1) is 0 Å². The molecule has 28 heavy (non-hydrogen) atoms. The minimum absolute atomic E-state index is 0.200. The lowest BCUT2D eigenvalue weighted by molar-refractivity contribution is 0.163. The molecule has 5 nitrogen and oxygen atoms in total. The van der Waals surface area contributed by atoms with Gasteiger partial charge in [0.25, 0.3) is 0 Å². The van der Waals surface area contributed by atoms with Gasteiger partial charge in [0.2, 0.25) is 0 Å². The third kappa shape index (κ3) is 4.15. The van der Waals surface area contributed by atoms with Crippen molar-refractivity contribution in [1.29, 1.82) is 0 Å². The van der Waals surface area contributed by atoms with Gasteiger partial charge in [0.1, 0.15) is 11.9 Å². The van der Waals surface area contributed by atoms with Crippen molar-refractivity contribution in [3.8, 4) is 5.75 Å². The fraction of sp³-hybridized carbons (Fsp3) is 0.0909. The van der Waals surface area contributed by atoms with E-state index < -0.39 is 6.09 Å². The molecule has 0 radical (unpaired) electrons. The Labute approximate surface area is 167 Å². The van der Waals surface area contributed by atoms with Crippen molar-refractivity contribution in [3.63, 3.8) is 0 Å². The van der Waals surface area contributed by atoms with E-state index in [0.29, 0.717) is 28.6 Å². The van der Waals surface area contributed by atoms with Crippen LogP contribution in [-0.2, 0) is 4.84 Å². The Morgan fingerprint density at radius 1 is 1.04 bits per heavy atom. The molecule has 1 N–H and O–H groups in total. The molecule has 0 fully saturated rings. The summed E-state index contributed by atoms with van der Waals surface area (Å²) in [6.45, 7) is 0. The van der Waals surface area contributed by atoms with Crippen molar-refractivity contribution in [2.75, 3.05) is 5.32 Å². The average Bonchev–Trinajstić information content (AvgIpc) is 2.72. The predicted molar refractivity (Wildman–Crippen MR) is 109 cm³/mol. The van der Waals surface area contributed by atoms with Crippen LogP contribution in [0.4, 0.5) is 10.5 Å². The van der Waals surface area contributed by atoms with Gasteiger partial charge in [0.15, 0.2) is 0 Å². The minimum Gasteiger partial charge on any atom is -0.485 e. The van der Waals surface area contributed by atoms with E-state index in [0.717, 1.165) is 11.1 Å². The molecule has 6 heteroatoms. The van der Waals surface area contributed by atoms with E-state index in [1.807, 2.05) is 54.6 Å².